The van der Waals surface area contributed by atoms with Gasteiger partial charge in [-0.15, -0.1) is 0 Å². The van der Waals surface area contributed by atoms with Gasteiger partial charge in [0.2, 0.25) is 5.91 Å². The minimum atomic E-state index is 0.0134. The fraction of sp³-hybridized carbons (Fsp3) is 0.900. The summed E-state index contributed by atoms with van der Waals surface area (Å²) in [6, 6.07) is 0. The second kappa shape index (κ2) is 3.93. The average Bonchev–Trinajstić information content (AvgIpc) is 2.24. The maximum Gasteiger partial charge on any atom is 0.228 e. The molecule has 1 N–H and O–H groups in total. The number of piperidine rings is 2. The molecule has 0 bridgehead atoms. The van der Waals surface area contributed by atoms with Gasteiger partial charge >= 0.3 is 0 Å². The average molecular weight is 194 g/mol. The number of carbonyl (C=O) groups excluding carboxylic acids is 1. The lowest BCUT2D eigenvalue weighted by atomic mass is 9.72. The highest BCUT2D eigenvalue weighted by atomic mass is 16.2. The number of likely N-dealkylation sites (tertiary alicyclic amines) is 1. The van der Waals surface area contributed by atoms with Crippen molar-refractivity contribution in [3.63, 3.8) is 0 Å². The third kappa shape index (κ3) is 1.56. The van der Waals surface area contributed by atoms with Crippen molar-refractivity contribution in [1.82, 2.24) is 10.2 Å². The van der Waals surface area contributed by atoms with Crippen molar-refractivity contribution in [2.45, 2.75) is 25.7 Å². The second-order valence-corrected chi connectivity index (χ2v) is 4.52. The van der Waals surface area contributed by atoms with E-state index in [0.717, 1.165) is 45.3 Å². The Bertz CT molecular complexity index is 221. The Morgan fingerprint density at radius 2 is 2.07 bits per heavy atom. The van der Waals surface area contributed by atoms with Crippen LogP contribution in [0.3, 0.4) is 0 Å². The lowest BCUT2D eigenvalue weighted by molar-refractivity contribution is -0.147. The van der Waals surface area contributed by atoms with Gasteiger partial charge in [-0.3, -0.25) is 4.79 Å². The molecule has 2 rings (SSSR count). The van der Waals surface area contributed by atoms with Crippen molar-refractivity contribution < 1.29 is 4.79 Å². The molecule has 2 aliphatic heterocycles. The van der Waals surface area contributed by atoms with E-state index < -0.39 is 0 Å². The molecule has 1 spiro atoms. The van der Waals surface area contributed by atoms with Crippen LogP contribution in [0.1, 0.15) is 25.7 Å². The molecule has 2 aliphatic rings. The van der Waals surface area contributed by atoms with E-state index in [9.17, 15) is 4.79 Å². The topological polar surface area (TPSA) is 32.3 Å². The fourth-order valence-corrected chi connectivity index (χ4v) is 2.82. The summed E-state index contributed by atoms with van der Waals surface area (Å²) < 4.78 is 0. The largest absolute Gasteiger partial charge is 0.350 e. The highest BCUT2D eigenvalue weighted by Crippen LogP contribution is 2.38. The molecule has 1 amide bonds. The molecule has 3 nitrogen and oxygen atoms in total. The number of amides is 1. The summed E-state index contributed by atoms with van der Waals surface area (Å²) in [6.45, 7) is 3.01. The molecule has 0 aliphatic carbocycles. The van der Waals surface area contributed by atoms with Gasteiger partial charge in [0.1, 0.15) is 7.85 Å². The molecule has 78 valence electrons. The smallest absolute Gasteiger partial charge is 0.228 e. The second-order valence-electron chi connectivity index (χ2n) is 4.52. The fourth-order valence-electron chi connectivity index (χ4n) is 2.82. The normalized spacial score (nSPS) is 26.9. The van der Waals surface area contributed by atoms with Crippen LogP contribution in [0.4, 0.5) is 0 Å². The van der Waals surface area contributed by atoms with Crippen LogP contribution in [0.2, 0.25) is 0 Å². The predicted molar refractivity (Wildman–Crippen MR) is 58.9 cm³/mol. The molecule has 2 fully saturated rings. The third-order valence-electron chi connectivity index (χ3n) is 3.77. The van der Waals surface area contributed by atoms with Crippen LogP contribution in [0.15, 0.2) is 0 Å². The van der Waals surface area contributed by atoms with E-state index >= 15 is 0 Å². The van der Waals surface area contributed by atoms with Gasteiger partial charge in [0.25, 0.3) is 0 Å². The van der Waals surface area contributed by atoms with Gasteiger partial charge in [-0.1, -0.05) is 0 Å². The van der Waals surface area contributed by atoms with Gasteiger partial charge in [-0.2, -0.15) is 0 Å². The highest BCUT2D eigenvalue weighted by molar-refractivity contribution is 6.10. The van der Waals surface area contributed by atoms with E-state index in [4.69, 9.17) is 0 Å². The van der Waals surface area contributed by atoms with Gasteiger partial charge in [0, 0.05) is 6.54 Å². The molecule has 0 saturated carbocycles. The summed E-state index contributed by atoms with van der Waals surface area (Å²) in [7, 11) is 2.08. The summed E-state index contributed by atoms with van der Waals surface area (Å²) in [5, 5.41) is 3.34. The lowest BCUT2D eigenvalue weighted by Crippen LogP contribution is -2.53. The van der Waals surface area contributed by atoms with E-state index in [1.807, 2.05) is 4.90 Å². The lowest BCUT2D eigenvalue weighted by Gasteiger charge is -2.44. The van der Waals surface area contributed by atoms with Crippen molar-refractivity contribution in [3.05, 3.63) is 0 Å². The van der Waals surface area contributed by atoms with Crippen LogP contribution in [-0.4, -0.2) is 44.7 Å². The molecule has 14 heavy (non-hydrogen) atoms. The Morgan fingerprint density at radius 3 is 2.71 bits per heavy atom. The van der Waals surface area contributed by atoms with Gasteiger partial charge in [0.15, 0.2) is 0 Å². The zero-order valence-corrected chi connectivity index (χ0v) is 9.01. The number of rotatable bonds is 1. The molecule has 0 atom stereocenters. The Morgan fingerprint density at radius 1 is 1.36 bits per heavy atom. The van der Waals surface area contributed by atoms with Crippen molar-refractivity contribution in [3.8, 4) is 0 Å². The number of nitrogens with one attached hydrogen (secondary N) is 1. The van der Waals surface area contributed by atoms with Gasteiger partial charge in [-0.25, -0.2) is 0 Å². The first-order chi connectivity index (χ1) is 6.78. The van der Waals surface area contributed by atoms with Crippen LogP contribution in [0.5, 0.6) is 0 Å². The number of hydrogen-bond donors (Lipinski definition) is 1. The molecule has 0 aromatic carbocycles. The summed E-state index contributed by atoms with van der Waals surface area (Å²) in [6.07, 6.45) is 5.28. The Labute approximate surface area is 86.6 Å². The van der Waals surface area contributed by atoms with Crippen LogP contribution >= 0.6 is 0 Å². The molecule has 0 radical (unpaired) electrons. The Hall–Kier alpha value is -0.505. The molecule has 4 heteroatoms. The number of hydrogen-bond acceptors (Lipinski definition) is 2. The Balaban J connectivity index is 2.12. The first-order valence-corrected chi connectivity index (χ1v) is 5.79. The van der Waals surface area contributed by atoms with E-state index in [0.29, 0.717) is 5.91 Å². The van der Waals surface area contributed by atoms with Crippen LogP contribution in [0.25, 0.3) is 0 Å². The first-order valence-electron chi connectivity index (χ1n) is 5.79. The van der Waals surface area contributed by atoms with E-state index in [-0.39, 0.29) is 5.41 Å². The molecule has 0 unspecified atom stereocenters. The van der Waals surface area contributed by atoms with Crippen molar-refractivity contribution in [2.24, 2.45) is 5.41 Å². The van der Waals surface area contributed by atoms with Crippen LogP contribution in [0, 0.1) is 5.41 Å². The Kier molecular flexibility index (Phi) is 2.82. The third-order valence-corrected chi connectivity index (χ3v) is 3.77. The predicted octanol–water partition coefficient (Wildman–Crippen LogP) is -0.431. The monoisotopic (exact) mass is 194 g/mol. The first kappa shape index (κ1) is 10.0. The van der Waals surface area contributed by atoms with Gasteiger partial charge < -0.3 is 10.2 Å². The van der Waals surface area contributed by atoms with Gasteiger partial charge in [0.05, 0.1) is 5.41 Å². The maximum absolute atomic E-state index is 12.2. The van der Waals surface area contributed by atoms with E-state index in [2.05, 4.69) is 13.2 Å². The number of nitrogens with zero attached hydrogens (tertiary/aromatic N) is 1. The molecule has 2 saturated heterocycles. The zero-order valence-electron chi connectivity index (χ0n) is 9.01. The van der Waals surface area contributed by atoms with E-state index in [1.54, 1.807) is 0 Å². The standard InChI is InChI=1S/C10H19BN2O/c11-8-13-7-1-2-10(9(13)14)3-5-12-6-4-10/h12H,1-8,11H2. The summed E-state index contributed by atoms with van der Waals surface area (Å²) >= 11 is 0. The van der Waals surface area contributed by atoms with Crippen molar-refractivity contribution in [1.29, 1.82) is 0 Å². The van der Waals surface area contributed by atoms with Crippen LogP contribution < -0.4 is 5.32 Å². The van der Waals surface area contributed by atoms with E-state index in [1.165, 1.54) is 6.42 Å². The summed E-state index contributed by atoms with van der Waals surface area (Å²) in [5.74, 6) is 0.424. The molecule has 0 aromatic rings. The SMILES string of the molecule is BCN1CCCC2(CCNCC2)C1=O. The highest BCUT2D eigenvalue weighted by Gasteiger charge is 2.43. The summed E-state index contributed by atoms with van der Waals surface area (Å²) in [5.41, 5.74) is 0.0134. The molecular formula is C10H19BN2O. The van der Waals surface area contributed by atoms with Crippen molar-refractivity contribution >= 4 is 13.8 Å². The minimum Gasteiger partial charge on any atom is -0.350 e. The van der Waals surface area contributed by atoms with Crippen molar-refractivity contribution in [2.75, 3.05) is 26.1 Å². The minimum absolute atomic E-state index is 0.0134. The maximum atomic E-state index is 12.2. The van der Waals surface area contributed by atoms with Gasteiger partial charge in [-0.05, 0) is 45.2 Å². The molecule has 2 heterocycles. The van der Waals surface area contributed by atoms with Crippen LogP contribution in [-0.2, 0) is 4.79 Å². The summed E-state index contributed by atoms with van der Waals surface area (Å²) in [4.78, 5) is 14.3. The molecule has 0 aromatic heterocycles. The molecular weight excluding hydrogens is 175 g/mol. The number of carbonyl (C=O) groups is 1. The zero-order chi connectivity index (χ0) is 10.0. The quantitative estimate of drug-likeness (QED) is 0.574.